The molecule has 0 saturated carbocycles. The third-order valence-electron chi connectivity index (χ3n) is 7.74. The van der Waals surface area contributed by atoms with Gasteiger partial charge >= 0.3 is 0 Å². The molecule has 0 amide bonds. The van der Waals surface area contributed by atoms with Crippen LogP contribution in [0.4, 0.5) is 0 Å². The first-order valence-corrected chi connectivity index (χ1v) is 16.4. The summed E-state index contributed by atoms with van der Waals surface area (Å²) >= 11 is 0. The molecular weight excluding hydrogens is 567 g/mol. The lowest BCUT2D eigenvalue weighted by Gasteiger charge is -2.10. The maximum absolute atomic E-state index is 5.10. The van der Waals surface area contributed by atoms with E-state index in [9.17, 15) is 0 Å². The number of hydrogen-bond acceptors (Lipinski definition) is 3. The van der Waals surface area contributed by atoms with E-state index in [0.29, 0.717) is 5.95 Å². The van der Waals surface area contributed by atoms with Crippen molar-refractivity contribution in [2.24, 2.45) is 0 Å². The zero-order chi connectivity index (χ0) is 31.2. The molecule has 4 nitrogen and oxygen atoms in total. The fourth-order valence-electron chi connectivity index (χ4n) is 5.80. The van der Waals surface area contributed by atoms with Gasteiger partial charge in [-0.15, -0.1) is 9.24 Å². The van der Waals surface area contributed by atoms with Gasteiger partial charge in [-0.05, 0) is 46.3 Å². The highest BCUT2D eigenvalue weighted by atomic mass is 31.0. The molecule has 0 N–H and O–H groups in total. The van der Waals surface area contributed by atoms with Crippen molar-refractivity contribution in [3.05, 3.63) is 146 Å². The molecule has 0 fully saturated rings. The van der Waals surface area contributed by atoms with Crippen LogP contribution in [0.3, 0.4) is 0 Å². The second-order valence-electron chi connectivity index (χ2n) is 10.2. The molecule has 8 aromatic rings. The van der Waals surface area contributed by atoms with Gasteiger partial charge in [-0.1, -0.05) is 124 Å². The minimum absolute atomic E-state index is 0.640. The van der Waals surface area contributed by atoms with Crippen LogP contribution in [-0.2, 0) is 0 Å². The molecule has 0 bridgehead atoms. The number of aromatic nitrogens is 4. The molecular formula is C40H35N4P. The first-order chi connectivity index (χ1) is 22.3. The second kappa shape index (κ2) is 13.6. The van der Waals surface area contributed by atoms with Crippen molar-refractivity contribution in [2.75, 3.05) is 6.66 Å². The fourth-order valence-corrected chi connectivity index (χ4v) is 5.80. The van der Waals surface area contributed by atoms with Gasteiger partial charge < -0.3 is 0 Å². The zero-order valence-corrected chi connectivity index (χ0v) is 26.9. The molecule has 1 unspecified atom stereocenters. The molecule has 0 spiro atoms. The molecule has 0 radical (unpaired) electrons. The van der Waals surface area contributed by atoms with Crippen molar-refractivity contribution in [3.63, 3.8) is 0 Å². The molecule has 0 saturated heterocycles. The highest BCUT2D eigenvalue weighted by Crippen LogP contribution is 2.36. The lowest BCUT2D eigenvalue weighted by Crippen LogP contribution is -2.02. The number of hydrogen-bond donors (Lipinski definition) is 0. The van der Waals surface area contributed by atoms with Gasteiger partial charge in [-0.2, -0.15) is 0 Å². The van der Waals surface area contributed by atoms with E-state index >= 15 is 0 Å². The first kappa shape index (κ1) is 29.9. The normalized spacial score (nSPS) is 10.7. The molecule has 220 valence electrons. The molecule has 3 aromatic heterocycles. The molecule has 0 aliphatic carbocycles. The van der Waals surface area contributed by atoms with Crippen LogP contribution in [0.5, 0.6) is 0 Å². The smallest absolute Gasteiger partial charge is 0.235 e. The lowest BCUT2D eigenvalue weighted by atomic mass is 9.99. The summed E-state index contributed by atoms with van der Waals surface area (Å²) in [7, 11) is 2.42. The molecule has 0 aliphatic heterocycles. The van der Waals surface area contributed by atoms with Crippen molar-refractivity contribution in [2.45, 2.75) is 13.8 Å². The number of benzene rings is 5. The van der Waals surface area contributed by atoms with E-state index in [4.69, 9.17) is 9.97 Å². The molecule has 0 aliphatic rings. The van der Waals surface area contributed by atoms with Crippen LogP contribution < -0.4 is 0 Å². The SMILES string of the molecule is CC.CP.c1ccc(-c2cccc(-c3cncc(-c4ccnc(-n5c6ccccc6c6ccc7ccccc7c65)n4)c3)c2)cc1. The van der Waals surface area contributed by atoms with Gasteiger partial charge in [0.25, 0.3) is 0 Å². The number of para-hydroxylation sites is 1. The summed E-state index contributed by atoms with van der Waals surface area (Å²) in [5.74, 6) is 0.640. The Hall–Kier alpha value is -5.18. The Bertz CT molecular complexity index is 2220. The Kier molecular flexibility index (Phi) is 9.05. The highest BCUT2D eigenvalue weighted by molar-refractivity contribution is 7.15. The maximum Gasteiger partial charge on any atom is 0.235 e. The van der Waals surface area contributed by atoms with Crippen molar-refractivity contribution < 1.29 is 0 Å². The van der Waals surface area contributed by atoms with Gasteiger partial charge in [0.2, 0.25) is 5.95 Å². The number of pyridine rings is 1. The third kappa shape index (κ3) is 5.73. The summed E-state index contributed by atoms with van der Waals surface area (Å²) in [6, 6.07) is 44.5. The quantitative estimate of drug-likeness (QED) is 0.188. The van der Waals surface area contributed by atoms with Crippen molar-refractivity contribution in [1.29, 1.82) is 0 Å². The summed E-state index contributed by atoms with van der Waals surface area (Å²) in [4.78, 5) is 14.5. The van der Waals surface area contributed by atoms with Crippen LogP contribution in [0, 0.1) is 0 Å². The Balaban J connectivity index is 0.000000860. The van der Waals surface area contributed by atoms with E-state index in [2.05, 4.69) is 134 Å². The van der Waals surface area contributed by atoms with Gasteiger partial charge in [0.15, 0.2) is 0 Å². The van der Waals surface area contributed by atoms with Gasteiger partial charge in [0, 0.05) is 45.9 Å². The van der Waals surface area contributed by atoms with Gasteiger partial charge in [-0.25, -0.2) is 9.97 Å². The maximum atomic E-state index is 5.10. The average Bonchev–Trinajstić information content (AvgIpc) is 3.49. The van der Waals surface area contributed by atoms with E-state index in [1.165, 1.54) is 32.7 Å². The molecule has 5 heteroatoms. The van der Waals surface area contributed by atoms with E-state index < -0.39 is 0 Å². The van der Waals surface area contributed by atoms with Crippen molar-refractivity contribution in [3.8, 4) is 39.5 Å². The highest BCUT2D eigenvalue weighted by Gasteiger charge is 2.17. The van der Waals surface area contributed by atoms with E-state index in [0.717, 1.165) is 33.4 Å². The topological polar surface area (TPSA) is 43.6 Å². The van der Waals surface area contributed by atoms with Gasteiger partial charge in [-0.3, -0.25) is 9.55 Å². The molecule has 8 rings (SSSR count). The molecule has 1 atom stereocenters. The van der Waals surface area contributed by atoms with Crippen LogP contribution >= 0.6 is 9.24 Å². The minimum Gasteiger partial charge on any atom is -0.277 e. The predicted octanol–water partition coefficient (Wildman–Crippen LogP) is 10.6. The number of fused-ring (bicyclic) bond motifs is 5. The number of nitrogens with zero attached hydrogens (tertiary/aromatic N) is 4. The summed E-state index contributed by atoms with van der Waals surface area (Å²) in [6.45, 7) is 5.92. The Morgan fingerprint density at radius 3 is 2.00 bits per heavy atom. The van der Waals surface area contributed by atoms with Crippen LogP contribution in [0.15, 0.2) is 146 Å². The molecule has 5 aromatic carbocycles. The minimum atomic E-state index is 0.640. The van der Waals surface area contributed by atoms with E-state index in [1.54, 1.807) is 0 Å². The van der Waals surface area contributed by atoms with E-state index in [1.807, 2.05) is 51.2 Å². The van der Waals surface area contributed by atoms with Crippen LogP contribution in [0.2, 0.25) is 0 Å². The first-order valence-electron chi connectivity index (χ1n) is 15.3. The Labute approximate surface area is 266 Å². The molecule has 45 heavy (non-hydrogen) atoms. The Morgan fingerprint density at radius 2 is 1.18 bits per heavy atom. The largest absolute Gasteiger partial charge is 0.277 e. The van der Waals surface area contributed by atoms with E-state index in [-0.39, 0.29) is 0 Å². The van der Waals surface area contributed by atoms with Crippen LogP contribution in [0.25, 0.3) is 72.0 Å². The van der Waals surface area contributed by atoms with Crippen molar-refractivity contribution in [1.82, 2.24) is 19.5 Å². The average molecular weight is 603 g/mol. The number of rotatable bonds is 4. The Morgan fingerprint density at radius 1 is 0.533 bits per heavy atom. The summed E-state index contributed by atoms with van der Waals surface area (Å²) in [6.07, 6.45) is 5.62. The van der Waals surface area contributed by atoms with Crippen LogP contribution in [-0.4, -0.2) is 26.2 Å². The lowest BCUT2D eigenvalue weighted by molar-refractivity contribution is 0.994. The van der Waals surface area contributed by atoms with Gasteiger partial charge in [0.05, 0.1) is 16.7 Å². The standard InChI is InChI=1S/C37H24N4.C2H6.CH5P/c1-2-9-25(10-3-1)27-12-8-13-28(21-27)29-22-30(24-38-23-29)34-19-20-39-37(40-34)41-35-16-7-6-15-32(35)33-18-17-26-11-4-5-14-31(26)36(33)41;2*1-2/h1-24H;1-2H3;2H2,1H3. The monoisotopic (exact) mass is 602 g/mol. The summed E-state index contributed by atoms with van der Waals surface area (Å²) in [5, 5.41) is 4.74. The zero-order valence-electron chi connectivity index (χ0n) is 25.7. The van der Waals surface area contributed by atoms with Gasteiger partial charge in [0.1, 0.15) is 0 Å². The third-order valence-corrected chi connectivity index (χ3v) is 7.74. The molecule has 3 heterocycles. The second-order valence-corrected chi connectivity index (χ2v) is 10.2. The summed E-state index contributed by atoms with van der Waals surface area (Å²) in [5.41, 5.74) is 8.50. The van der Waals surface area contributed by atoms with Crippen LogP contribution in [0.1, 0.15) is 13.8 Å². The van der Waals surface area contributed by atoms with Crippen molar-refractivity contribution >= 4 is 41.8 Å². The summed E-state index contributed by atoms with van der Waals surface area (Å²) < 4.78 is 2.19. The fraction of sp³-hybridized carbons (Fsp3) is 0.0750. The predicted molar refractivity (Wildman–Crippen MR) is 195 cm³/mol.